The second kappa shape index (κ2) is 8.66. The van der Waals surface area contributed by atoms with E-state index in [0.29, 0.717) is 18.8 Å². The van der Waals surface area contributed by atoms with Crippen LogP contribution in [0.15, 0.2) is 54.6 Å². The lowest BCUT2D eigenvalue weighted by Crippen LogP contribution is -2.42. The Hall–Kier alpha value is -2.89. The van der Waals surface area contributed by atoms with Gasteiger partial charge in [-0.15, -0.1) is 0 Å². The summed E-state index contributed by atoms with van der Waals surface area (Å²) in [6.07, 6.45) is 1.73. The average molecular weight is 369 g/mol. The molecule has 2 aromatic rings. The predicted octanol–water partition coefficient (Wildman–Crippen LogP) is 3.21. The third kappa shape index (κ3) is 5.06. The first-order chi connectivity index (χ1) is 13.0. The lowest BCUT2D eigenvalue weighted by atomic mass is 10.1. The molecule has 3 amide bonds. The van der Waals surface area contributed by atoms with Crippen LogP contribution >= 0.6 is 0 Å². The van der Waals surface area contributed by atoms with Crippen molar-refractivity contribution in [2.24, 2.45) is 0 Å². The Kier molecular flexibility index (Phi) is 6.06. The smallest absolute Gasteiger partial charge is 0.325 e. The highest BCUT2D eigenvalue weighted by molar-refractivity contribution is 5.96. The topological polar surface area (TPSA) is 52.7 Å². The lowest BCUT2D eigenvalue weighted by molar-refractivity contribution is -0.122. The molecule has 1 aliphatic heterocycles. The molecule has 2 aromatic carbocycles. The van der Waals surface area contributed by atoms with Gasteiger partial charge in [0, 0.05) is 24.8 Å². The number of nitrogens with zero attached hydrogens (tertiary/aromatic N) is 2. The number of benzene rings is 2. The summed E-state index contributed by atoms with van der Waals surface area (Å²) in [5.74, 6) is -0.504. The van der Waals surface area contributed by atoms with Crippen LogP contribution in [0.3, 0.4) is 0 Å². The molecule has 6 heteroatoms. The Bertz CT molecular complexity index is 780. The molecular formula is C21H24FN3O2. The van der Waals surface area contributed by atoms with Crippen molar-refractivity contribution in [2.75, 3.05) is 24.5 Å². The molecule has 1 heterocycles. The van der Waals surface area contributed by atoms with Gasteiger partial charge >= 0.3 is 6.03 Å². The highest BCUT2D eigenvalue weighted by Gasteiger charge is 2.30. The molecule has 1 fully saturated rings. The van der Waals surface area contributed by atoms with E-state index in [-0.39, 0.29) is 30.3 Å². The van der Waals surface area contributed by atoms with Crippen LogP contribution in [0.5, 0.6) is 0 Å². The van der Waals surface area contributed by atoms with Gasteiger partial charge in [-0.25, -0.2) is 9.18 Å². The second-order valence-electron chi connectivity index (χ2n) is 6.83. The van der Waals surface area contributed by atoms with Crippen LogP contribution in [-0.2, 0) is 11.2 Å². The summed E-state index contributed by atoms with van der Waals surface area (Å²) in [7, 11) is 0. The fraction of sp³-hybridized carbons (Fsp3) is 0.333. The van der Waals surface area contributed by atoms with Gasteiger partial charge in [-0.3, -0.25) is 9.69 Å². The number of rotatable bonds is 7. The van der Waals surface area contributed by atoms with Crippen molar-refractivity contribution in [3.8, 4) is 0 Å². The first-order valence-electron chi connectivity index (χ1n) is 9.18. The van der Waals surface area contributed by atoms with E-state index in [0.717, 1.165) is 12.8 Å². The first-order valence-corrected chi connectivity index (χ1v) is 9.18. The van der Waals surface area contributed by atoms with Crippen LogP contribution in [0.1, 0.15) is 18.9 Å². The Balaban J connectivity index is 1.46. The molecule has 1 atom stereocenters. The van der Waals surface area contributed by atoms with Gasteiger partial charge in [0.1, 0.15) is 12.4 Å². The number of urea groups is 1. The van der Waals surface area contributed by atoms with Gasteiger partial charge in [-0.2, -0.15) is 0 Å². The van der Waals surface area contributed by atoms with Crippen molar-refractivity contribution >= 4 is 17.6 Å². The monoisotopic (exact) mass is 369 g/mol. The largest absolute Gasteiger partial charge is 0.352 e. The molecule has 0 spiro atoms. The molecule has 3 rings (SSSR count). The fourth-order valence-corrected chi connectivity index (χ4v) is 3.18. The number of anilines is 1. The Morgan fingerprint density at radius 3 is 2.52 bits per heavy atom. The number of hydrogen-bond acceptors (Lipinski definition) is 2. The minimum Gasteiger partial charge on any atom is -0.352 e. The lowest BCUT2D eigenvalue weighted by Gasteiger charge is -2.20. The fourth-order valence-electron chi connectivity index (χ4n) is 3.18. The maximum absolute atomic E-state index is 13.0. The Labute approximate surface area is 158 Å². The normalized spacial score (nSPS) is 15.1. The minimum atomic E-state index is -0.342. The van der Waals surface area contributed by atoms with Crippen LogP contribution in [0.25, 0.3) is 0 Å². The molecule has 1 N–H and O–H groups in total. The molecule has 0 radical (unpaired) electrons. The van der Waals surface area contributed by atoms with E-state index in [2.05, 4.69) is 17.4 Å². The zero-order chi connectivity index (χ0) is 19.2. The highest BCUT2D eigenvalue weighted by atomic mass is 19.1. The third-order valence-corrected chi connectivity index (χ3v) is 4.68. The van der Waals surface area contributed by atoms with E-state index >= 15 is 0 Å². The Morgan fingerprint density at radius 1 is 1.11 bits per heavy atom. The van der Waals surface area contributed by atoms with Crippen molar-refractivity contribution < 1.29 is 14.0 Å². The van der Waals surface area contributed by atoms with Crippen molar-refractivity contribution in [3.63, 3.8) is 0 Å². The van der Waals surface area contributed by atoms with Crippen LogP contribution in [0.4, 0.5) is 14.9 Å². The molecule has 1 saturated heterocycles. The van der Waals surface area contributed by atoms with Gasteiger partial charge in [0.25, 0.3) is 0 Å². The maximum Gasteiger partial charge on any atom is 0.325 e. The molecule has 0 aromatic heterocycles. The maximum atomic E-state index is 13.0. The van der Waals surface area contributed by atoms with Crippen LogP contribution in [-0.4, -0.2) is 42.5 Å². The van der Waals surface area contributed by atoms with Gasteiger partial charge in [-0.05, 0) is 49.6 Å². The van der Waals surface area contributed by atoms with Crippen molar-refractivity contribution in [1.82, 2.24) is 10.2 Å². The highest BCUT2D eigenvalue weighted by Crippen LogP contribution is 2.20. The van der Waals surface area contributed by atoms with Gasteiger partial charge in [0.15, 0.2) is 0 Å². The molecule has 0 bridgehead atoms. The van der Waals surface area contributed by atoms with Gasteiger partial charge in [-0.1, -0.05) is 30.3 Å². The summed E-state index contributed by atoms with van der Waals surface area (Å²) in [5.41, 5.74) is 1.88. The first kappa shape index (κ1) is 18.9. The van der Waals surface area contributed by atoms with Crippen molar-refractivity contribution in [2.45, 2.75) is 25.8 Å². The van der Waals surface area contributed by atoms with Gasteiger partial charge in [0.05, 0.1) is 0 Å². The number of nitrogens with one attached hydrogen (secondary N) is 1. The van der Waals surface area contributed by atoms with Crippen LogP contribution in [0.2, 0.25) is 0 Å². The van der Waals surface area contributed by atoms with Gasteiger partial charge < -0.3 is 10.2 Å². The average Bonchev–Trinajstić information content (AvgIpc) is 3.02. The Morgan fingerprint density at radius 2 is 1.81 bits per heavy atom. The molecule has 0 aliphatic carbocycles. The molecule has 27 heavy (non-hydrogen) atoms. The number of aryl methyl sites for hydroxylation is 1. The number of carbonyl (C=O) groups is 2. The predicted molar refractivity (Wildman–Crippen MR) is 103 cm³/mol. The SMILES string of the molecule is C[C@@H](CCc1ccccc1)NC(=O)CN1CCN(c2ccc(F)cc2)C1=O. The van der Waals surface area contributed by atoms with E-state index in [4.69, 9.17) is 0 Å². The van der Waals surface area contributed by atoms with Crippen LogP contribution in [0, 0.1) is 5.82 Å². The van der Waals surface area contributed by atoms with E-state index < -0.39 is 0 Å². The van der Waals surface area contributed by atoms with Crippen molar-refractivity contribution in [1.29, 1.82) is 0 Å². The molecule has 5 nitrogen and oxygen atoms in total. The summed E-state index contributed by atoms with van der Waals surface area (Å²) < 4.78 is 13.0. The van der Waals surface area contributed by atoms with Crippen LogP contribution < -0.4 is 10.2 Å². The number of amides is 3. The molecular weight excluding hydrogens is 345 g/mol. The zero-order valence-electron chi connectivity index (χ0n) is 15.4. The molecule has 0 saturated carbocycles. The molecule has 142 valence electrons. The summed E-state index contributed by atoms with van der Waals surface area (Å²) in [6.45, 7) is 2.97. The number of halogens is 1. The quantitative estimate of drug-likeness (QED) is 0.815. The van der Waals surface area contributed by atoms with E-state index in [9.17, 15) is 14.0 Å². The standard InChI is InChI=1S/C21H24FN3O2/c1-16(7-8-17-5-3-2-4-6-17)23-20(26)15-24-13-14-25(21(24)27)19-11-9-18(22)10-12-19/h2-6,9-12,16H,7-8,13-15H2,1H3,(H,23,26)/t16-/m0/s1. The summed E-state index contributed by atoms with van der Waals surface area (Å²) in [6, 6.07) is 15.7. The molecule has 1 aliphatic rings. The van der Waals surface area contributed by atoms with E-state index in [1.54, 1.807) is 17.0 Å². The summed E-state index contributed by atoms with van der Waals surface area (Å²) in [5, 5.41) is 2.96. The molecule has 0 unspecified atom stereocenters. The summed E-state index contributed by atoms with van der Waals surface area (Å²) >= 11 is 0. The van der Waals surface area contributed by atoms with E-state index in [1.165, 1.54) is 22.6 Å². The minimum absolute atomic E-state index is 0.0311. The van der Waals surface area contributed by atoms with Gasteiger partial charge in [0.2, 0.25) is 5.91 Å². The van der Waals surface area contributed by atoms with E-state index in [1.807, 2.05) is 25.1 Å². The zero-order valence-corrected chi connectivity index (χ0v) is 15.4. The number of hydrogen-bond donors (Lipinski definition) is 1. The van der Waals surface area contributed by atoms with Crippen molar-refractivity contribution in [3.05, 3.63) is 66.0 Å². The number of carbonyl (C=O) groups excluding carboxylic acids is 2. The third-order valence-electron chi connectivity index (χ3n) is 4.68. The second-order valence-corrected chi connectivity index (χ2v) is 6.83. The summed E-state index contributed by atoms with van der Waals surface area (Å²) in [4.78, 5) is 27.9.